The second-order valence-electron chi connectivity index (χ2n) is 7.27. The topological polar surface area (TPSA) is 92.7 Å². The normalized spacial score (nSPS) is 26.3. The predicted molar refractivity (Wildman–Crippen MR) is 98.3 cm³/mol. The molecule has 2 aliphatic carbocycles. The Labute approximate surface area is 156 Å². The SMILES string of the molecule is Cc1sc(NC(=O)C2C3C=CC(C3)C2C(=O)O)c(C(=O)OC(C)C)c1C. The number of carboxylic acids is 1. The van der Waals surface area contributed by atoms with Gasteiger partial charge in [0.1, 0.15) is 5.00 Å². The zero-order chi connectivity index (χ0) is 19.2. The van der Waals surface area contributed by atoms with E-state index in [0.717, 1.165) is 10.4 Å². The number of ether oxygens (including phenoxy) is 1. The Kier molecular flexibility index (Phi) is 4.92. The number of anilines is 1. The molecule has 7 heteroatoms. The molecule has 0 saturated heterocycles. The Morgan fingerprint density at radius 2 is 1.81 bits per heavy atom. The third-order valence-electron chi connectivity index (χ3n) is 5.22. The van der Waals surface area contributed by atoms with Crippen LogP contribution in [-0.2, 0) is 14.3 Å². The minimum Gasteiger partial charge on any atom is -0.481 e. The number of nitrogens with one attached hydrogen (secondary N) is 1. The number of thiophene rings is 1. The average molecular weight is 377 g/mol. The lowest BCUT2D eigenvalue weighted by Gasteiger charge is -2.23. The predicted octanol–water partition coefficient (Wildman–Crippen LogP) is 3.39. The van der Waals surface area contributed by atoms with Gasteiger partial charge in [-0.2, -0.15) is 0 Å². The minimum absolute atomic E-state index is 0.0608. The number of hydrogen-bond acceptors (Lipinski definition) is 5. The van der Waals surface area contributed by atoms with Gasteiger partial charge in [0, 0.05) is 4.88 Å². The number of carboxylic acid groups (broad SMARTS) is 1. The molecule has 0 radical (unpaired) electrons. The van der Waals surface area contributed by atoms with Crippen LogP contribution in [-0.4, -0.2) is 29.1 Å². The van der Waals surface area contributed by atoms with Gasteiger partial charge in [0.05, 0.1) is 23.5 Å². The van der Waals surface area contributed by atoms with Gasteiger partial charge in [0.2, 0.25) is 5.91 Å². The van der Waals surface area contributed by atoms with Gasteiger partial charge in [0.25, 0.3) is 0 Å². The molecule has 140 valence electrons. The van der Waals surface area contributed by atoms with E-state index in [1.54, 1.807) is 13.8 Å². The summed E-state index contributed by atoms with van der Waals surface area (Å²) in [6.07, 6.45) is 4.27. The molecular formula is C19H23NO5S. The number of aryl methyl sites for hydroxylation is 1. The standard InChI is InChI=1S/C19H23NO5S/c1-8(2)25-19(24)13-9(3)10(4)26-17(13)20-16(21)14-11-5-6-12(7-11)15(14)18(22)23/h5-6,8,11-12,14-15H,7H2,1-4H3,(H,20,21)(H,22,23). The molecule has 4 unspecified atom stereocenters. The maximum atomic E-state index is 12.9. The van der Waals surface area contributed by atoms with Crippen LogP contribution in [0.25, 0.3) is 0 Å². The van der Waals surface area contributed by atoms with Crippen molar-refractivity contribution in [2.45, 2.75) is 40.2 Å². The summed E-state index contributed by atoms with van der Waals surface area (Å²) in [5, 5.41) is 12.8. The van der Waals surface area contributed by atoms with Crippen molar-refractivity contribution in [3.05, 3.63) is 28.2 Å². The summed E-state index contributed by atoms with van der Waals surface area (Å²) in [5.74, 6) is -3.23. The minimum atomic E-state index is -0.944. The van der Waals surface area contributed by atoms with Gasteiger partial charge >= 0.3 is 11.9 Å². The van der Waals surface area contributed by atoms with Crippen molar-refractivity contribution >= 4 is 34.2 Å². The van der Waals surface area contributed by atoms with E-state index in [0.29, 0.717) is 17.0 Å². The smallest absolute Gasteiger partial charge is 0.341 e. The molecule has 1 amide bonds. The van der Waals surface area contributed by atoms with Crippen LogP contribution in [0.5, 0.6) is 0 Å². The molecular weight excluding hydrogens is 354 g/mol. The molecule has 1 heterocycles. The molecule has 4 atom stereocenters. The molecule has 6 nitrogen and oxygen atoms in total. The van der Waals surface area contributed by atoms with E-state index in [9.17, 15) is 19.5 Å². The summed E-state index contributed by atoms with van der Waals surface area (Å²) in [6.45, 7) is 7.23. The highest BCUT2D eigenvalue weighted by molar-refractivity contribution is 7.16. The highest BCUT2D eigenvalue weighted by Crippen LogP contribution is 2.48. The lowest BCUT2D eigenvalue weighted by Crippen LogP contribution is -2.36. The first-order valence-electron chi connectivity index (χ1n) is 8.73. The Morgan fingerprint density at radius 3 is 2.38 bits per heavy atom. The van der Waals surface area contributed by atoms with Crippen LogP contribution in [0.15, 0.2) is 12.2 Å². The lowest BCUT2D eigenvalue weighted by molar-refractivity contribution is -0.146. The number of amides is 1. The maximum Gasteiger partial charge on any atom is 0.341 e. The molecule has 0 aromatic carbocycles. The molecule has 0 spiro atoms. The van der Waals surface area contributed by atoms with E-state index in [2.05, 4.69) is 5.32 Å². The van der Waals surface area contributed by atoms with Crippen LogP contribution < -0.4 is 5.32 Å². The third kappa shape index (κ3) is 3.16. The summed E-state index contributed by atoms with van der Waals surface area (Å²) in [6, 6.07) is 0. The van der Waals surface area contributed by atoms with E-state index in [-0.39, 0.29) is 23.8 Å². The first-order valence-corrected chi connectivity index (χ1v) is 9.55. The Morgan fingerprint density at radius 1 is 1.19 bits per heavy atom. The first kappa shape index (κ1) is 18.6. The average Bonchev–Trinajstić information content (AvgIpc) is 3.20. The molecule has 2 bridgehead atoms. The van der Waals surface area contributed by atoms with Gasteiger partial charge < -0.3 is 15.2 Å². The summed E-state index contributed by atoms with van der Waals surface area (Å²) in [5.41, 5.74) is 1.14. The van der Waals surface area contributed by atoms with Gasteiger partial charge in [-0.15, -0.1) is 11.3 Å². The van der Waals surface area contributed by atoms with Crippen LogP contribution in [0.1, 0.15) is 41.1 Å². The van der Waals surface area contributed by atoms with E-state index < -0.39 is 23.8 Å². The molecule has 1 saturated carbocycles. The number of esters is 1. The highest BCUT2D eigenvalue weighted by Gasteiger charge is 2.51. The van der Waals surface area contributed by atoms with E-state index in [4.69, 9.17) is 4.74 Å². The van der Waals surface area contributed by atoms with Crippen molar-refractivity contribution in [3.63, 3.8) is 0 Å². The fraction of sp³-hybridized carbons (Fsp3) is 0.526. The van der Waals surface area contributed by atoms with Gasteiger partial charge in [-0.3, -0.25) is 9.59 Å². The zero-order valence-electron chi connectivity index (χ0n) is 15.2. The Hall–Kier alpha value is -2.15. The number of rotatable bonds is 5. The van der Waals surface area contributed by atoms with E-state index in [1.165, 1.54) is 11.3 Å². The van der Waals surface area contributed by atoms with Gasteiger partial charge in [0.15, 0.2) is 0 Å². The van der Waals surface area contributed by atoms with Gasteiger partial charge in [-0.05, 0) is 51.5 Å². The van der Waals surface area contributed by atoms with Gasteiger partial charge in [-0.25, -0.2) is 4.79 Å². The monoisotopic (exact) mass is 377 g/mol. The van der Waals surface area contributed by atoms with E-state index >= 15 is 0 Å². The quantitative estimate of drug-likeness (QED) is 0.606. The van der Waals surface area contributed by atoms with Crippen molar-refractivity contribution in [1.82, 2.24) is 0 Å². The highest BCUT2D eigenvalue weighted by atomic mass is 32.1. The molecule has 0 aliphatic heterocycles. The second kappa shape index (κ2) is 6.87. The Balaban J connectivity index is 1.86. The van der Waals surface area contributed by atoms with Gasteiger partial charge in [-0.1, -0.05) is 12.2 Å². The van der Waals surface area contributed by atoms with Crippen LogP contribution in [0, 0.1) is 37.5 Å². The van der Waals surface area contributed by atoms with Crippen molar-refractivity contribution in [3.8, 4) is 0 Å². The number of aliphatic carboxylic acids is 1. The largest absolute Gasteiger partial charge is 0.481 e. The maximum absolute atomic E-state index is 12.9. The fourth-order valence-corrected chi connectivity index (χ4v) is 5.00. The molecule has 1 aromatic heterocycles. The van der Waals surface area contributed by atoms with Crippen molar-refractivity contribution < 1.29 is 24.2 Å². The fourth-order valence-electron chi connectivity index (χ4n) is 3.95. The first-order chi connectivity index (χ1) is 12.2. The number of fused-ring (bicyclic) bond motifs is 2. The number of allylic oxidation sites excluding steroid dienone is 2. The van der Waals surface area contributed by atoms with Crippen molar-refractivity contribution in [2.75, 3.05) is 5.32 Å². The molecule has 2 N–H and O–H groups in total. The summed E-state index contributed by atoms with van der Waals surface area (Å²) < 4.78 is 5.30. The number of carbonyl (C=O) groups excluding carboxylic acids is 2. The molecule has 3 rings (SSSR count). The zero-order valence-corrected chi connectivity index (χ0v) is 16.1. The van der Waals surface area contributed by atoms with Crippen molar-refractivity contribution in [1.29, 1.82) is 0 Å². The molecule has 26 heavy (non-hydrogen) atoms. The lowest BCUT2D eigenvalue weighted by atomic mass is 9.82. The molecule has 1 aromatic rings. The summed E-state index contributed by atoms with van der Waals surface area (Å²) >= 11 is 1.31. The molecule has 1 fully saturated rings. The van der Waals surface area contributed by atoms with Crippen LogP contribution in [0.4, 0.5) is 5.00 Å². The van der Waals surface area contributed by atoms with Crippen LogP contribution >= 0.6 is 11.3 Å². The van der Waals surface area contributed by atoms with Crippen LogP contribution in [0.2, 0.25) is 0 Å². The van der Waals surface area contributed by atoms with Crippen molar-refractivity contribution in [2.24, 2.45) is 23.7 Å². The number of carbonyl (C=O) groups is 3. The third-order valence-corrected chi connectivity index (χ3v) is 6.34. The molecule has 2 aliphatic rings. The van der Waals surface area contributed by atoms with Crippen LogP contribution in [0.3, 0.4) is 0 Å². The Bertz CT molecular complexity index is 794. The van der Waals surface area contributed by atoms with E-state index in [1.807, 2.05) is 26.0 Å². The summed E-state index contributed by atoms with van der Waals surface area (Å²) in [7, 11) is 0. The number of hydrogen-bond donors (Lipinski definition) is 2. The summed E-state index contributed by atoms with van der Waals surface area (Å²) in [4.78, 5) is 37.9. The second-order valence-corrected chi connectivity index (χ2v) is 8.49.